The van der Waals surface area contributed by atoms with E-state index < -0.39 is 11.9 Å². The van der Waals surface area contributed by atoms with Crippen LogP contribution in [0.4, 0.5) is 5.82 Å². The van der Waals surface area contributed by atoms with Crippen LogP contribution in [0, 0.1) is 0 Å². The molecule has 1 aromatic heterocycles. The fourth-order valence-electron chi connectivity index (χ4n) is 1.83. The molecule has 0 saturated carbocycles. The van der Waals surface area contributed by atoms with Gasteiger partial charge in [-0.2, -0.15) is 0 Å². The third-order valence-corrected chi connectivity index (χ3v) is 2.97. The Kier molecular flexibility index (Phi) is 5.05. The lowest BCUT2D eigenvalue weighted by molar-refractivity contribution is -0.140. The van der Waals surface area contributed by atoms with E-state index >= 15 is 0 Å². The average molecular weight is 328 g/mol. The van der Waals surface area contributed by atoms with Crippen LogP contribution in [0.1, 0.15) is 23.0 Å². The van der Waals surface area contributed by atoms with Crippen LogP contribution in [0.5, 0.6) is 0 Å². The minimum atomic E-state index is -0.575. The molecule has 24 heavy (non-hydrogen) atoms. The first-order chi connectivity index (χ1) is 11.4. The summed E-state index contributed by atoms with van der Waals surface area (Å²) in [6, 6.07) is 6.85. The predicted octanol–water partition coefficient (Wildman–Crippen LogP) is 0.269. The highest BCUT2D eigenvalue weighted by molar-refractivity contribution is 5.99. The number of oxime groups is 1. The Bertz CT molecular complexity index is 819. The highest BCUT2D eigenvalue weighted by atomic mass is 16.7. The zero-order chi connectivity index (χ0) is 17.7. The highest BCUT2D eigenvalue weighted by Gasteiger charge is 2.13. The van der Waals surface area contributed by atoms with Gasteiger partial charge in [-0.3, -0.25) is 4.79 Å². The fourth-order valence-corrected chi connectivity index (χ4v) is 1.83. The number of hydrogen-bond donors (Lipinski definition) is 3. The third kappa shape index (κ3) is 3.83. The Morgan fingerprint density at radius 1 is 1.33 bits per heavy atom. The summed E-state index contributed by atoms with van der Waals surface area (Å²) in [4.78, 5) is 35.3. The molecule has 9 nitrogen and oxygen atoms in total. The molecule has 2 rings (SSSR count). The first-order valence-electron chi connectivity index (χ1n) is 6.88. The van der Waals surface area contributed by atoms with E-state index in [0.29, 0.717) is 16.8 Å². The van der Waals surface area contributed by atoms with Gasteiger partial charge in [0.25, 0.3) is 5.91 Å². The molecule has 0 aliphatic heterocycles. The molecular weight excluding hydrogens is 312 g/mol. The minimum absolute atomic E-state index is 0.0296. The van der Waals surface area contributed by atoms with Crippen LogP contribution in [0.15, 0.2) is 35.6 Å². The lowest BCUT2D eigenvalue weighted by Gasteiger charge is -2.07. The molecular formula is C15H16N6O3. The van der Waals surface area contributed by atoms with Crippen molar-refractivity contribution < 1.29 is 14.4 Å². The molecule has 0 fully saturated rings. The minimum Gasteiger partial charge on any atom is -0.382 e. The molecule has 2 aromatic rings. The van der Waals surface area contributed by atoms with Crippen molar-refractivity contribution in [3.8, 4) is 11.3 Å². The lowest BCUT2D eigenvalue weighted by atomic mass is 10.1. The van der Waals surface area contributed by atoms with Gasteiger partial charge in [0.05, 0.1) is 11.9 Å². The van der Waals surface area contributed by atoms with Gasteiger partial charge in [-0.15, -0.1) is 0 Å². The van der Waals surface area contributed by atoms with Crippen LogP contribution in [0.25, 0.3) is 11.3 Å². The van der Waals surface area contributed by atoms with E-state index in [-0.39, 0.29) is 17.3 Å². The van der Waals surface area contributed by atoms with Crippen LogP contribution in [-0.4, -0.2) is 34.7 Å². The Morgan fingerprint density at radius 3 is 2.75 bits per heavy atom. The van der Waals surface area contributed by atoms with E-state index in [1.807, 2.05) is 0 Å². The quantitative estimate of drug-likeness (QED) is 0.316. The number of amides is 1. The SMILES string of the molecule is CNC(=O)c1nc(-c2cccc(/C(N)=N\OC(C)=O)c2)cnc1N. The number of nitrogens with zero attached hydrogens (tertiary/aromatic N) is 3. The molecule has 1 amide bonds. The van der Waals surface area contributed by atoms with Crippen molar-refractivity contribution in [2.45, 2.75) is 6.92 Å². The number of anilines is 1. The molecule has 1 heterocycles. The number of benzene rings is 1. The maximum atomic E-state index is 11.8. The zero-order valence-corrected chi connectivity index (χ0v) is 13.1. The summed E-state index contributed by atoms with van der Waals surface area (Å²) in [5, 5.41) is 5.98. The second-order valence-electron chi connectivity index (χ2n) is 4.71. The maximum absolute atomic E-state index is 11.8. The molecule has 0 spiro atoms. The lowest BCUT2D eigenvalue weighted by Crippen LogP contribution is -2.21. The highest BCUT2D eigenvalue weighted by Crippen LogP contribution is 2.19. The number of aromatic nitrogens is 2. The smallest absolute Gasteiger partial charge is 0.332 e. The van der Waals surface area contributed by atoms with Gasteiger partial charge < -0.3 is 21.6 Å². The number of amidine groups is 1. The summed E-state index contributed by atoms with van der Waals surface area (Å²) < 4.78 is 0. The number of rotatable bonds is 4. The topological polar surface area (TPSA) is 146 Å². The van der Waals surface area contributed by atoms with E-state index in [0.717, 1.165) is 0 Å². The largest absolute Gasteiger partial charge is 0.382 e. The summed E-state index contributed by atoms with van der Waals surface area (Å²) in [5.41, 5.74) is 13.1. The normalized spacial score (nSPS) is 11.0. The van der Waals surface area contributed by atoms with E-state index in [1.165, 1.54) is 20.2 Å². The van der Waals surface area contributed by atoms with Crippen molar-refractivity contribution in [2.75, 3.05) is 12.8 Å². The van der Waals surface area contributed by atoms with Crippen molar-refractivity contribution in [1.82, 2.24) is 15.3 Å². The second kappa shape index (κ2) is 7.18. The molecule has 0 aliphatic rings. The van der Waals surface area contributed by atoms with Crippen molar-refractivity contribution in [2.24, 2.45) is 10.9 Å². The van der Waals surface area contributed by atoms with Gasteiger partial charge >= 0.3 is 5.97 Å². The average Bonchev–Trinajstić information content (AvgIpc) is 2.59. The van der Waals surface area contributed by atoms with E-state index in [2.05, 4.69) is 25.3 Å². The number of carbonyl (C=O) groups is 2. The number of hydrogen-bond acceptors (Lipinski definition) is 7. The predicted molar refractivity (Wildman–Crippen MR) is 87.8 cm³/mol. The standard InChI is InChI=1S/C15H16N6O3/c1-8(22)24-21-13(16)10-5-3-4-9(6-10)11-7-19-14(17)12(20-11)15(23)18-2/h3-7H,1-2H3,(H2,16,21)(H2,17,19)(H,18,23). The monoisotopic (exact) mass is 328 g/mol. The molecule has 0 bridgehead atoms. The van der Waals surface area contributed by atoms with Crippen LogP contribution in [0.3, 0.4) is 0 Å². The molecule has 0 unspecified atom stereocenters. The van der Waals surface area contributed by atoms with Crippen molar-refractivity contribution in [1.29, 1.82) is 0 Å². The Balaban J connectivity index is 2.40. The second-order valence-corrected chi connectivity index (χ2v) is 4.71. The van der Waals surface area contributed by atoms with Gasteiger partial charge in [-0.25, -0.2) is 14.8 Å². The molecule has 124 valence electrons. The van der Waals surface area contributed by atoms with Gasteiger partial charge in [0.2, 0.25) is 0 Å². The van der Waals surface area contributed by atoms with E-state index in [9.17, 15) is 9.59 Å². The number of carbonyl (C=O) groups excluding carboxylic acids is 2. The molecule has 0 aliphatic carbocycles. The molecule has 5 N–H and O–H groups in total. The maximum Gasteiger partial charge on any atom is 0.332 e. The van der Waals surface area contributed by atoms with Gasteiger partial charge in [0.1, 0.15) is 0 Å². The molecule has 0 saturated heterocycles. The first kappa shape index (κ1) is 16.9. The third-order valence-electron chi connectivity index (χ3n) is 2.97. The summed E-state index contributed by atoms with van der Waals surface area (Å²) in [6.45, 7) is 1.22. The summed E-state index contributed by atoms with van der Waals surface area (Å²) in [6.07, 6.45) is 1.44. The van der Waals surface area contributed by atoms with Gasteiger partial charge in [0.15, 0.2) is 17.3 Å². The van der Waals surface area contributed by atoms with Crippen LogP contribution >= 0.6 is 0 Å². The van der Waals surface area contributed by atoms with Gasteiger partial charge in [0, 0.05) is 25.1 Å². The summed E-state index contributed by atoms with van der Waals surface area (Å²) in [7, 11) is 1.48. The van der Waals surface area contributed by atoms with E-state index in [1.54, 1.807) is 24.3 Å². The fraction of sp³-hybridized carbons (Fsp3) is 0.133. The first-order valence-corrected chi connectivity index (χ1v) is 6.88. The summed E-state index contributed by atoms with van der Waals surface area (Å²) >= 11 is 0. The Labute approximate surface area is 137 Å². The summed E-state index contributed by atoms with van der Waals surface area (Å²) in [5.74, 6) is -0.949. The van der Waals surface area contributed by atoms with Crippen LogP contribution in [-0.2, 0) is 9.63 Å². The Morgan fingerprint density at radius 2 is 2.08 bits per heavy atom. The van der Waals surface area contributed by atoms with Crippen LogP contribution in [0.2, 0.25) is 0 Å². The molecule has 0 radical (unpaired) electrons. The van der Waals surface area contributed by atoms with Crippen molar-refractivity contribution >= 4 is 23.5 Å². The van der Waals surface area contributed by atoms with Crippen molar-refractivity contribution in [3.63, 3.8) is 0 Å². The molecule has 9 heteroatoms. The molecule has 0 atom stereocenters. The molecule has 1 aromatic carbocycles. The zero-order valence-electron chi connectivity index (χ0n) is 13.1. The van der Waals surface area contributed by atoms with Gasteiger partial charge in [-0.05, 0) is 6.07 Å². The number of nitrogens with one attached hydrogen (secondary N) is 1. The number of nitrogen functional groups attached to an aromatic ring is 1. The Hall–Kier alpha value is -3.49. The van der Waals surface area contributed by atoms with Gasteiger partial charge in [-0.1, -0.05) is 23.4 Å². The van der Waals surface area contributed by atoms with E-state index in [4.69, 9.17) is 11.5 Å². The van der Waals surface area contributed by atoms with Crippen molar-refractivity contribution in [3.05, 3.63) is 41.7 Å². The van der Waals surface area contributed by atoms with Crippen LogP contribution < -0.4 is 16.8 Å². The number of nitrogens with two attached hydrogens (primary N) is 2.